The van der Waals surface area contributed by atoms with Gasteiger partial charge in [0.25, 0.3) is 11.8 Å². The molecule has 1 fully saturated rings. The van der Waals surface area contributed by atoms with Gasteiger partial charge in [-0.3, -0.25) is 9.59 Å². The van der Waals surface area contributed by atoms with E-state index in [0.29, 0.717) is 37.4 Å². The van der Waals surface area contributed by atoms with E-state index in [2.05, 4.69) is 19.2 Å². The smallest absolute Gasteiger partial charge is 0.254 e. The molecule has 1 N–H and O–H groups in total. The molecule has 0 saturated carbocycles. The van der Waals surface area contributed by atoms with Gasteiger partial charge < -0.3 is 10.2 Å². The molecule has 1 aliphatic heterocycles. The molecule has 1 heterocycles. The maximum atomic E-state index is 13.7. The molecule has 4 nitrogen and oxygen atoms in total. The van der Waals surface area contributed by atoms with Gasteiger partial charge in [-0.1, -0.05) is 38.1 Å². The molecule has 2 aromatic carbocycles. The molecular weight excluding hydrogens is 343 g/mol. The molecule has 0 unspecified atom stereocenters. The number of nitrogens with zero attached hydrogens (tertiary/aromatic N) is 1. The van der Waals surface area contributed by atoms with E-state index < -0.39 is 11.7 Å². The van der Waals surface area contributed by atoms with E-state index in [9.17, 15) is 14.0 Å². The van der Waals surface area contributed by atoms with Crippen LogP contribution in [0, 0.1) is 5.82 Å². The fraction of sp³-hybridized carbons (Fsp3) is 0.364. The maximum absolute atomic E-state index is 13.7. The SMILES string of the molecule is CC(C)c1ccc(C(=O)N2CCC(NC(=O)c3ccccc3F)CC2)cc1. The van der Waals surface area contributed by atoms with Gasteiger partial charge in [-0.25, -0.2) is 4.39 Å². The van der Waals surface area contributed by atoms with Gasteiger partial charge >= 0.3 is 0 Å². The van der Waals surface area contributed by atoms with Crippen molar-refractivity contribution in [3.8, 4) is 0 Å². The lowest BCUT2D eigenvalue weighted by Gasteiger charge is -2.32. The summed E-state index contributed by atoms with van der Waals surface area (Å²) in [5, 5.41) is 2.88. The number of rotatable bonds is 4. The molecule has 2 aromatic rings. The average molecular weight is 368 g/mol. The lowest BCUT2D eigenvalue weighted by Crippen LogP contribution is -2.46. The van der Waals surface area contributed by atoms with E-state index in [4.69, 9.17) is 0 Å². The third-order valence-electron chi connectivity index (χ3n) is 5.06. The molecule has 142 valence electrons. The molecule has 0 spiro atoms. The Morgan fingerprint density at radius 3 is 2.26 bits per heavy atom. The first-order chi connectivity index (χ1) is 13.0. The maximum Gasteiger partial charge on any atom is 0.254 e. The topological polar surface area (TPSA) is 49.4 Å². The Kier molecular flexibility index (Phi) is 5.89. The van der Waals surface area contributed by atoms with Crippen molar-refractivity contribution in [2.75, 3.05) is 13.1 Å². The zero-order valence-electron chi connectivity index (χ0n) is 15.7. The minimum Gasteiger partial charge on any atom is -0.349 e. The van der Waals surface area contributed by atoms with Gasteiger partial charge in [-0.15, -0.1) is 0 Å². The molecule has 1 aliphatic rings. The van der Waals surface area contributed by atoms with E-state index in [-0.39, 0.29) is 17.5 Å². The Labute approximate surface area is 159 Å². The predicted octanol–water partition coefficient (Wildman–Crippen LogP) is 3.98. The molecule has 0 atom stereocenters. The quantitative estimate of drug-likeness (QED) is 0.887. The monoisotopic (exact) mass is 368 g/mol. The first-order valence-corrected chi connectivity index (χ1v) is 9.40. The van der Waals surface area contributed by atoms with Crippen LogP contribution in [0.4, 0.5) is 4.39 Å². The van der Waals surface area contributed by atoms with Crippen LogP contribution in [0.3, 0.4) is 0 Å². The highest BCUT2D eigenvalue weighted by molar-refractivity contribution is 5.95. The summed E-state index contributed by atoms with van der Waals surface area (Å²) in [7, 11) is 0. The molecule has 0 aliphatic carbocycles. The van der Waals surface area contributed by atoms with Crippen LogP contribution in [-0.2, 0) is 0 Å². The van der Waals surface area contributed by atoms with Gasteiger partial charge in [0.1, 0.15) is 5.82 Å². The first-order valence-electron chi connectivity index (χ1n) is 9.40. The van der Waals surface area contributed by atoms with Gasteiger partial charge in [-0.2, -0.15) is 0 Å². The number of hydrogen-bond acceptors (Lipinski definition) is 2. The number of benzene rings is 2. The van der Waals surface area contributed by atoms with Crippen LogP contribution < -0.4 is 5.32 Å². The third kappa shape index (κ3) is 4.54. The van der Waals surface area contributed by atoms with Gasteiger partial charge in [-0.05, 0) is 48.6 Å². The second kappa shape index (κ2) is 8.33. The molecular formula is C22H25FN2O2. The Hall–Kier alpha value is -2.69. The molecule has 0 aromatic heterocycles. The summed E-state index contributed by atoms with van der Waals surface area (Å²) in [6, 6.07) is 13.7. The number of carbonyl (C=O) groups is 2. The predicted molar refractivity (Wildman–Crippen MR) is 103 cm³/mol. The average Bonchev–Trinajstić information content (AvgIpc) is 2.68. The summed E-state index contributed by atoms with van der Waals surface area (Å²) in [5.74, 6) is -0.471. The van der Waals surface area contributed by atoms with Crippen LogP contribution in [0.2, 0.25) is 0 Å². The summed E-state index contributed by atoms with van der Waals surface area (Å²) >= 11 is 0. The molecule has 3 rings (SSSR count). The second-order valence-corrected chi connectivity index (χ2v) is 7.30. The highest BCUT2D eigenvalue weighted by atomic mass is 19.1. The van der Waals surface area contributed by atoms with Crippen LogP contribution >= 0.6 is 0 Å². The van der Waals surface area contributed by atoms with Gasteiger partial charge in [0.05, 0.1) is 5.56 Å². The van der Waals surface area contributed by atoms with Crippen molar-refractivity contribution in [2.24, 2.45) is 0 Å². The van der Waals surface area contributed by atoms with Gasteiger partial charge in [0.2, 0.25) is 0 Å². The highest BCUT2D eigenvalue weighted by Crippen LogP contribution is 2.18. The summed E-state index contributed by atoms with van der Waals surface area (Å²) in [6.07, 6.45) is 1.33. The van der Waals surface area contributed by atoms with Crippen molar-refractivity contribution in [2.45, 2.75) is 38.6 Å². The van der Waals surface area contributed by atoms with Crippen molar-refractivity contribution >= 4 is 11.8 Å². The standard InChI is InChI=1S/C22H25FN2O2/c1-15(2)16-7-9-17(10-8-16)22(27)25-13-11-18(12-14-25)24-21(26)19-5-3-4-6-20(19)23/h3-10,15,18H,11-14H2,1-2H3,(H,24,26). The molecule has 1 saturated heterocycles. The Morgan fingerprint density at radius 1 is 1.04 bits per heavy atom. The molecule has 5 heteroatoms. The van der Waals surface area contributed by atoms with E-state index in [0.717, 1.165) is 0 Å². The van der Waals surface area contributed by atoms with Gasteiger partial charge in [0.15, 0.2) is 0 Å². The lowest BCUT2D eigenvalue weighted by molar-refractivity contribution is 0.0698. The summed E-state index contributed by atoms with van der Waals surface area (Å²) in [5.41, 5.74) is 1.95. The Morgan fingerprint density at radius 2 is 1.67 bits per heavy atom. The molecule has 0 radical (unpaired) electrons. The lowest BCUT2D eigenvalue weighted by atomic mass is 10.00. The van der Waals surface area contributed by atoms with E-state index >= 15 is 0 Å². The third-order valence-corrected chi connectivity index (χ3v) is 5.06. The van der Waals surface area contributed by atoms with E-state index in [1.165, 1.54) is 17.7 Å². The largest absolute Gasteiger partial charge is 0.349 e. The van der Waals surface area contributed by atoms with Crippen molar-refractivity contribution in [3.63, 3.8) is 0 Å². The van der Waals surface area contributed by atoms with Crippen LogP contribution in [0.1, 0.15) is 58.9 Å². The fourth-order valence-corrected chi connectivity index (χ4v) is 3.33. The van der Waals surface area contributed by atoms with Crippen molar-refractivity contribution in [3.05, 3.63) is 71.0 Å². The second-order valence-electron chi connectivity index (χ2n) is 7.30. The number of likely N-dealkylation sites (tertiary alicyclic amines) is 1. The van der Waals surface area contributed by atoms with Crippen LogP contribution in [-0.4, -0.2) is 35.8 Å². The number of amides is 2. The van der Waals surface area contributed by atoms with Crippen molar-refractivity contribution < 1.29 is 14.0 Å². The summed E-state index contributed by atoms with van der Waals surface area (Å²) in [4.78, 5) is 26.7. The fourth-order valence-electron chi connectivity index (χ4n) is 3.33. The van der Waals surface area contributed by atoms with Crippen LogP contribution in [0.15, 0.2) is 48.5 Å². The van der Waals surface area contributed by atoms with E-state index in [1.807, 2.05) is 29.2 Å². The zero-order chi connectivity index (χ0) is 19.4. The number of piperidine rings is 1. The Balaban J connectivity index is 1.54. The molecule has 27 heavy (non-hydrogen) atoms. The number of carbonyl (C=O) groups excluding carboxylic acids is 2. The number of nitrogens with one attached hydrogen (secondary N) is 1. The summed E-state index contributed by atoms with van der Waals surface area (Å²) < 4.78 is 13.7. The zero-order valence-corrected chi connectivity index (χ0v) is 15.7. The number of hydrogen-bond donors (Lipinski definition) is 1. The minimum atomic E-state index is -0.521. The van der Waals surface area contributed by atoms with Crippen LogP contribution in [0.25, 0.3) is 0 Å². The number of halogens is 1. The molecule has 2 amide bonds. The van der Waals surface area contributed by atoms with Crippen molar-refractivity contribution in [1.29, 1.82) is 0 Å². The van der Waals surface area contributed by atoms with Gasteiger partial charge in [0, 0.05) is 24.7 Å². The Bertz CT molecular complexity index is 809. The minimum absolute atomic E-state index is 0.0178. The van der Waals surface area contributed by atoms with Crippen LogP contribution in [0.5, 0.6) is 0 Å². The first kappa shape index (κ1) is 19.1. The normalized spacial score (nSPS) is 15.0. The van der Waals surface area contributed by atoms with Crippen molar-refractivity contribution in [1.82, 2.24) is 10.2 Å². The molecule has 0 bridgehead atoms. The van der Waals surface area contributed by atoms with E-state index in [1.54, 1.807) is 12.1 Å². The highest BCUT2D eigenvalue weighted by Gasteiger charge is 2.25. The summed E-state index contributed by atoms with van der Waals surface area (Å²) in [6.45, 7) is 5.40.